The fraction of sp³-hybridized carbons (Fsp3) is 0.556. The molecule has 2 aliphatic rings. The van der Waals surface area contributed by atoms with Crippen LogP contribution >= 0.6 is 0 Å². The van der Waals surface area contributed by atoms with Crippen LogP contribution in [0.2, 0.25) is 0 Å². The first kappa shape index (κ1) is 29.0. The molecule has 0 aromatic heterocycles. The number of phenols is 2. The average Bonchev–Trinajstić information content (AvgIpc) is 2.94. The predicted molar refractivity (Wildman–Crippen MR) is 136 cm³/mol. The molecule has 0 amide bonds. The van der Waals surface area contributed by atoms with E-state index in [1.807, 2.05) is 0 Å². The molecule has 0 bridgehead atoms. The van der Waals surface area contributed by atoms with Crippen LogP contribution in [0, 0.1) is 11.8 Å². The number of phenolic OH excluding ortho intramolecular Hbond substituents is 2. The van der Waals surface area contributed by atoms with Gasteiger partial charge in [0.15, 0.2) is 29.3 Å². The molecule has 0 spiro atoms. The lowest BCUT2D eigenvalue weighted by molar-refractivity contribution is -0.274. The first-order valence-electron chi connectivity index (χ1n) is 12.5. The van der Waals surface area contributed by atoms with Gasteiger partial charge in [-0.1, -0.05) is 0 Å². The highest BCUT2D eigenvalue weighted by molar-refractivity contribution is 5.64. The van der Waals surface area contributed by atoms with Crippen molar-refractivity contribution >= 4 is 0 Å². The zero-order valence-corrected chi connectivity index (χ0v) is 22.2. The molecule has 1 aliphatic heterocycles. The Kier molecular flexibility index (Phi) is 8.94. The highest BCUT2D eigenvalue weighted by Crippen LogP contribution is 2.54. The smallest absolute Gasteiger partial charge is 0.201 e. The standard InChI is InChI=1S/C27H36O12/c1-34-17-7-13(8-18(35-2)23(17)31)20-15(10-38-27-25(33)22(30)16(29)11-39-27)14(9-28)5-12-6-19(36-3)24(32)26(37-4)21(12)20/h6-8,14-16,20,22,25,27-33H,5,9-11H2,1-4H3/t14-,15-,16+,20+,22-,25-,27+/m1/s1. The summed E-state index contributed by atoms with van der Waals surface area (Å²) < 4.78 is 33.2. The number of hydrogen-bond acceptors (Lipinski definition) is 12. The highest BCUT2D eigenvalue weighted by atomic mass is 16.7. The SMILES string of the molecule is COc1cc([C@@H]2c3c(cc(OC)c(O)c3OC)C[C@H](CO)[C@H]2CO[C@H]2OC[C@H](O)[C@@H](O)[C@H]2O)cc(OC)c1O. The summed E-state index contributed by atoms with van der Waals surface area (Å²) in [4.78, 5) is 0. The van der Waals surface area contributed by atoms with Gasteiger partial charge in [-0.3, -0.25) is 0 Å². The summed E-state index contributed by atoms with van der Waals surface area (Å²) in [5.74, 6) is -1.16. The molecule has 2 aromatic rings. The first-order chi connectivity index (χ1) is 18.7. The molecular weight excluding hydrogens is 516 g/mol. The Balaban J connectivity index is 1.86. The molecule has 39 heavy (non-hydrogen) atoms. The second-order valence-electron chi connectivity index (χ2n) is 9.68. The fourth-order valence-corrected chi connectivity index (χ4v) is 5.55. The Hall–Kier alpha value is -3.00. The summed E-state index contributed by atoms with van der Waals surface area (Å²) in [6, 6.07) is 4.96. The minimum Gasteiger partial charge on any atom is -0.502 e. The number of aromatic hydroxyl groups is 2. The van der Waals surface area contributed by atoms with E-state index in [9.17, 15) is 30.6 Å². The van der Waals surface area contributed by atoms with E-state index in [1.54, 1.807) is 18.2 Å². The van der Waals surface area contributed by atoms with Crippen LogP contribution < -0.4 is 18.9 Å². The van der Waals surface area contributed by atoms with Crippen molar-refractivity contribution in [1.82, 2.24) is 0 Å². The Morgan fingerprint density at radius 3 is 2.03 bits per heavy atom. The number of fused-ring (bicyclic) bond motifs is 1. The summed E-state index contributed by atoms with van der Waals surface area (Å²) in [5.41, 5.74) is 1.99. The summed E-state index contributed by atoms with van der Waals surface area (Å²) in [6.07, 6.45) is -5.04. The van der Waals surface area contributed by atoms with Crippen LogP contribution in [0.4, 0.5) is 0 Å². The quantitative estimate of drug-likeness (QED) is 0.254. The minimum absolute atomic E-state index is 0.0542. The molecule has 6 N–H and O–H groups in total. The zero-order valence-electron chi connectivity index (χ0n) is 22.2. The number of aliphatic hydroxyl groups excluding tert-OH is 4. The van der Waals surface area contributed by atoms with E-state index in [2.05, 4.69) is 0 Å². The van der Waals surface area contributed by atoms with Crippen molar-refractivity contribution in [1.29, 1.82) is 0 Å². The first-order valence-corrected chi connectivity index (χ1v) is 12.5. The Bertz CT molecular complexity index is 1130. The van der Waals surface area contributed by atoms with Crippen LogP contribution in [0.25, 0.3) is 0 Å². The molecule has 0 saturated carbocycles. The lowest BCUT2D eigenvalue weighted by atomic mass is 9.66. The van der Waals surface area contributed by atoms with Crippen molar-refractivity contribution < 1.29 is 59.1 Å². The molecule has 12 nitrogen and oxygen atoms in total. The van der Waals surface area contributed by atoms with E-state index >= 15 is 0 Å². The molecule has 216 valence electrons. The van der Waals surface area contributed by atoms with Crippen LogP contribution in [0.3, 0.4) is 0 Å². The van der Waals surface area contributed by atoms with Crippen molar-refractivity contribution in [3.8, 4) is 34.5 Å². The van der Waals surface area contributed by atoms with Crippen molar-refractivity contribution in [2.45, 2.75) is 36.9 Å². The van der Waals surface area contributed by atoms with Crippen molar-refractivity contribution in [3.05, 3.63) is 34.9 Å². The van der Waals surface area contributed by atoms with Gasteiger partial charge in [0.1, 0.15) is 18.3 Å². The molecule has 0 unspecified atom stereocenters. The monoisotopic (exact) mass is 552 g/mol. The summed E-state index contributed by atoms with van der Waals surface area (Å²) in [6.45, 7) is -0.504. The van der Waals surface area contributed by atoms with Gasteiger partial charge in [-0.15, -0.1) is 0 Å². The molecule has 0 radical (unpaired) electrons. The van der Waals surface area contributed by atoms with Crippen LogP contribution in [0.5, 0.6) is 34.5 Å². The largest absolute Gasteiger partial charge is 0.502 e. The molecular formula is C27H36O12. The topological polar surface area (TPSA) is 177 Å². The van der Waals surface area contributed by atoms with Crippen molar-refractivity contribution in [2.75, 3.05) is 48.3 Å². The fourth-order valence-electron chi connectivity index (χ4n) is 5.55. The molecule has 2 aromatic carbocycles. The molecule has 4 rings (SSSR count). The second-order valence-corrected chi connectivity index (χ2v) is 9.68. The highest BCUT2D eigenvalue weighted by Gasteiger charge is 2.44. The zero-order chi connectivity index (χ0) is 28.4. The Morgan fingerprint density at radius 1 is 0.846 bits per heavy atom. The van der Waals surface area contributed by atoms with Crippen LogP contribution in [-0.4, -0.2) is 104 Å². The molecule has 12 heteroatoms. The second kappa shape index (κ2) is 12.0. The van der Waals surface area contributed by atoms with Gasteiger partial charge < -0.3 is 59.1 Å². The normalized spacial score (nSPS) is 28.5. The van der Waals surface area contributed by atoms with Crippen LogP contribution in [0.1, 0.15) is 22.6 Å². The van der Waals surface area contributed by atoms with Gasteiger partial charge in [-0.25, -0.2) is 0 Å². The minimum atomic E-state index is -1.49. The molecule has 1 aliphatic carbocycles. The third-order valence-electron chi connectivity index (χ3n) is 7.60. The maximum absolute atomic E-state index is 11.0. The Morgan fingerprint density at radius 2 is 1.46 bits per heavy atom. The number of benzene rings is 2. The van der Waals surface area contributed by atoms with E-state index in [4.69, 9.17) is 28.4 Å². The average molecular weight is 553 g/mol. The maximum Gasteiger partial charge on any atom is 0.201 e. The molecule has 1 saturated heterocycles. The summed E-state index contributed by atoms with van der Waals surface area (Å²) >= 11 is 0. The van der Waals surface area contributed by atoms with E-state index in [-0.39, 0.29) is 60.2 Å². The van der Waals surface area contributed by atoms with Gasteiger partial charge in [0.2, 0.25) is 11.5 Å². The van der Waals surface area contributed by atoms with Gasteiger partial charge in [-0.2, -0.15) is 0 Å². The van der Waals surface area contributed by atoms with Crippen LogP contribution in [-0.2, 0) is 15.9 Å². The van der Waals surface area contributed by atoms with Crippen molar-refractivity contribution in [2.24, 2.45) is 11.8 Å². The summed E-state index contributed by atoms with van der Waals surface area (Å²) in [7, 11) is 5.66. The molecule has 7 atom stereocenters. The van der Waals surface area contributed by atoms with Gasteiger partial charge in [0.25, 0.3) is 0 Å². The van der Waals surface area contributed by atoms with Gasteiger partial charge >= 0.3 is 0 Å². The molecule has 1 heterocycles. The van der Waals surface area contributed by atoms with E-state index in [1.165, 1.54) is 28.4 Å². The number of aliphatic hydroxyl groups is 4. The predicted octanol–water partition coefficient (Wildman–Crippen LogP) is 0.500. The number of rotatable bonds is 9. The van der Waals surface area contributed by atoms with Gasteiger partial charge in [0.05, 0.1) is 41.7 Å². The molecule has 1 fully saturated rings. The van der Waals surface area contributed by atoms with Gasteiger partial charge in [0, 0.05) is 18.1 Å². The van der Waals surface area contributed by atoms with E-state index in [0.29, 0.717) is 17.5 Å². The third kappa shape index (κ3) is 5.28. The third-order valence-corrected chi connectivity index (χ3v) is 7.60. The van der Waals surface area contributed by atoms with E-state index < -0.39 is 36.4 Å². The lowest BCUT2D eigenvalue weighted by Crippen LogP contribution is -2.54. The number of methoxy groups -OCH3 is 4. The van der Waals surface area contributed by atoms with Gasteiger partial charge in [-0.05, 0) is 47.6 Å². The lowest BCUT2D eigenvalue weighted by Gasteiger charge is -2.42. The number of hydrogen-bond donors (Lipinski definition) is 6. The maximum atomic E-state index is 11.0. The summed E-state index contributed by atoms with van der Waals surface area (Å²) in [5, 5.41) is 62.3. The Labute approximate surface area is 225 Å². The van der Waals surface area contributed by atoms with Crippen LogP contribution in [0.15, 0.2) is 18.2 Å². The van der Waals surface area contributed by atoms with Crippen molar-refractivity contribution in [3.63, 3.8) is 0 Å². The number of ether oxygens (including phenoxy) is 6. The van der Waals surface area contributed by atoms with E-state index in [0.717, 1.165) is 5.56 Å².